The zero-order chi connectivity index (χ0) is 25.5. The molecule has 4 nitrogen and oxygen atoms in total. The summed E-state index contributed by atoms with van der Waals surface area (Å²) in [5, 5.41) is 18.6. The van der Waals surface area contributed by atoms with Crippen molar-refractivity contribution in [3.63, 3.8) is 0 Å². The van der Waals surface area contributed by atoms with Crippen molar-refractivity contribution < 1.29 is 19.8 Å². The van der Waals surface area contributed by atoms with E-state index in [1.165, 1.54) is 16.7 Å². The van der Waals surface area contributed by atoms with Crippen molar-refractivity contribution in [3.8, 4) is 0 Å². The average molecular weight is 469 g/mol. The number of allylic oxidation sites excluding steroid dienone is 6. The van der Waals surface area contributed by atoms with Gasteiger partial charge >= 0.3 is 11.9 Å². The molecule has 3 rings (SSSR count). The van der Waals surface area contributed by atoms with Gasteiger partial charge in [-0.15, -0.1) is 0 Å². The predicted molar refractivity (Wildman–Crippen MR) is 137 cm³/mol. The molecule has 0 aromatic rings. The van der Waals surface area contributed by atoms with Crippen molar-refractivity contribution >= 4 is 11.9 Å². The van der Waals surface area contributed by atoms with Crippen LogP contribution in [0.1, 0.15) is 99.3 Å². The lowest BCUT2D eigenvalue weighted by Crippen LogP contribution is -2.50. The lowest BCUT2D eigenvalue weighted by atomic mass is 9.45. The number of hydrogen-bond acceptors (Lipinski definition) is 2. The van der Waals surface area contributed by atoms with Gasteiger partial charge in [0.25, 0.3) is 0 Å². The molecule has 2 unspecified atom stereocenters. The molecule has 2 N–H and O–H groups in total. The van der Waals surface area contributed by atoms with Gasteiger partial charge in [-0.3, -0.25) is 4.79 Å². The summed E-state index contributed by atoms with van der Waals surface area (Å²) in [7, 11) is 0. The third kappa shape index (κ3) is 4.33. The summed E-state index contributed by atoms with van der Waals surface area (Å²) in [6.07, 6.45) is 12.4. The first-order chi connectivity index (χ1) is 15.8. The van der Waals surface area contributed by atoms with Crippen LogP contribution in [-0.2, 0) is 9.59 Å². The normalized spacial score (nSPS) is 36.9. The molecule has 0 aromatic heterocycles. The van der Waals surface area contributed by atoms with Gasteiger partial charge in [-0.2, -0.15) is 0 Å². The number of carboxylic acid groups (broad SMARTS) is 2. The molecule has 2 fully saturated rings. The molecule has 3 aliphatic rings. The Morgan fingerprint density at radius 3 is 2.38 bits per heavy atom. The molecule has 0 spiro atoms. The van der Waals surface area contributed by atoms with E-state index >= 15 is 0 Å². The number of fused-ring (bicyclic) bond motifs is 3. The second-order valence-corrected chi connectivity index (χ2v) is 11.9. The molecular weight excluding hydrogens is 424 g/mol. The molecule has 4 heteroatoms. The van der Waals surface area contributed by atoms with E-state index in [1.54, 1.807) is 12.5 Å². The predicted octanol–water partition coefficient (Wildman–Crippen LogP) is 7.72. The van der Waals surface area contributed by atoms with Crippen molar-refractivity contribution in [2.24, 2.45) is 28.1 Å². The van der Waals surface area contributed by atoms with E-state index in [-0.39, 0.29) is 22.7 Å². The second-order valence-electron chi connectivity index (χ2n) is 11.9. The van der Waals surface area contributed by atoms with Gasteiger partial charge in [0.2, 0.25) is 0 Å². The van der Waals surface area contributed by atoms with E-state index in [9.17, 15) is 14.7 Å². The van der Waals surface area contributed by atoms with Crippen LogP contribution in [0.4, 0.5) is 0 Å². The maximum Gasteiger partial charge on any atom is 0.330 e. The van der Waals surface area contributed by atoms with Gasteiger partial charge in [-0.1, -0.05) is 61.8 Å². The Morgan fingerprint density at radius 2 is 1.79 bits per heavy atom. The topological polar surface area (TPSA) is 74.6 Å². The highest BCUT2D eigenvalue weighted by molar-refractivity contribution is 5.85. The molecule has 0 saturated heterocycles. The first-order valence-corrected chi connectivity index (χ1v) is 12.9. The molecular formula is C30H44O4. The maximum absolute atomic E-state index is 11.5. The van der Waals surface area contributed by atoms with Crippen molar-refractivity contribution in [2.45, 2.75) is 99.3 Å². The third-order valence-corrected chi connectivity index (χ3v) is 10.1. The van der Waals surface area contributed by atoms with Crippen LogP contribution in [0.2, 0.25) is 0 Å². The fraction of sp³-hybridized carbons (Fsp3) is 0.667. The quantitative estimate of drug-likeness (QED) is 0.282. The largest absolute Gasteiger partial charge is 0.481 e. The van der Waals surface area contributed by atoms with Crippen LogP contribution in [0.3, 0.4) is 0 Å². The number of aliphatic carboxylic acids is 2. The van der Waals surface area contributed by atoms with Crippen LogP contribution < -0.4 is 0 Å². The smallest absolute Gasteiger partial charge is 0.330 e. The average Bonchev–Trinajstić information content (AvgIpc) is 3.03. The Balaban J connectivity index is 1.96. The minimum atomic E-state index is -0.841. The molecule has 34 heavy (non-hydrogen) atoms. The van der Waals surface area contributed by atoms with Crippen molar-refractivity contribution in [3.05, 3.63) is 46.6 Å². The molecule has 0 aromatic carbocycles. The Hall–Kier alpha value is -2.10. The van der Waals surface area contributed by atoms with Crippen LogP contribution >= 0.6 is 0 Å². The summed E-state index contributed by atoms with van der Waals surface area (Å²) in [4.78, 5) is 22.6. The van der Waals surface area contributed by atoms with Crippen molar-refractivity contribution in [2.75, 3.05) is 0 Å². The zero-order valence-electron chi connectivity index (χ0n) is 22.1. The molecule has 3 aliphatic carbocycles. The maximum atomic E-state index is 11.5. The SMILES string of the molecule is C=C(C)C1CCC2C(=CC[C@]3(C)C(=C(C)CCC=C(C)C(=O)O)CC[C@@]23C)[C@@]1(C)CCC(=O)O. The van der Waals surface area contributed by atoms with Gasteiger partial charge < -0.3 is 10.2 Å². The second kappa shape index (κ2) is 9.51. The van der Waals surface area contributed by atoms with Gasteiger partial charge in [0, 0.05) is 12.0 Å². The van der Waals surface area contributed by atoms with Crippen LogP contribution in [0.25, 0.3) is 0 Å². The van der Waals surface area contributed by atoms with E-state index in [1.807, 2.05) is 6.08 Å². The first kappa shape index (κ1) is 26.5. The van der Waals surface area contributed by atoms with Crippen molar-refractivity contribution in [1.29, 1.82) is 0 Å². The van der Waals surface area contributed by atoms with E-state index in [4.69, 9.17) is 5.11 Å². The highest BCUT2D eigenvalue weighted by atomic mass is 16.4. The molecule has 5 atom stereocenters. The number of rotatable bonds is 8. The highest BCUT2D eigenvalue weighted by Crippen LogP contribution is 2.70. The molecule has 2 saturated carbocycles. The van der Waals surface area contributed by atoms with E-state index in [2.05, 4.69) is 47.3 Å². The molecule has 188 valence electrons. The minimum Gasteiger partial charge on any atom is -0.481 e. The van der Waals surface area contributed by atoms with Gasteiger partial charge in [0.1, 0.15) is 0 Å². The van der Waals surface area contributed by atoms with Crippen LogP contribution in [0.5, 0.6) is 0 Å². The number of carboxylic acids is 2. The summed E-state index contributed by atoms with van der Waals surface area (Å²) in [6.45, 7) is 17.5. The summed E-state index contributed by atoms with van der Waals surface area (Å²) >= 11 is 0. The van der Waals surface area contributed by atoms with Gasteiger partial charge in [0.15, 0.2) is 0 Å². The monoisotopic (exact) mass is 468 g/mol. The molecule has 0 heterocycles. The Labute approximate surface area is 205 Å². The molecule has 0 radical (unpaired) electrons. The summed E-state index contributed by atoms with van der Waals surface area (Å²) < 4.78 is 0. The van der Waals surface area contributed by atoms with Crippen LogP contribution in [0.15, 0.2) is 46.6 Å². The fourth-order valence-corrected chi connectivity index (χ4v) is 7.86. The fourth-order valence-electron chi connectivity index (χ4n) is 7.86. The van der Waals surface area contributed by atoms with E-state index in [0.717, 1.165) is 44.9 Å². The lowest BCUT2D eigenvalue weighted by Gasteiger charge is -2.59. The summed E-state index contributed by atoms with van der Waals surface area (Å²) in [5.74, 6) is -0.748. The number of carbonyl (C=O) groups is 2. The Morgan fingerprint density at radius 1 is 1.12 bits per heavy atom. The van der Waals surface area contributed by atoms with Crippen LogP contribution in [-0.4, -0.2) is 22.2 Å². The van der Waals surface area contributed by atoms with Gasteiger partial charge in [-0.25, -0.2) is 4.79 Å². The number of hydrogen-bond donors (Lipinski definition) is 2. The minimum absolute atomic E-state index is 0.0978. The molecule has 0 bridgehead atoms. The Kier molecular flexibility index (Phi) is 7.41. The highest BCUT2D eigenvalue weighted by Gasteiger charge is 2.61. The van der Waals surface area contributed by atoms with Crippen molar-refractivity contribution in [1.82, 2.24) is 0 Å². The zero-order valence-corrected chi connectivity index (χ0v) is 22.1. The third-order valence-electron chi connectivity index (χ3n) is 10.1. The standard InChI is InChI=1S/C30H44O4/c1-19(2)22-11-12-25-24(28(22,5)16-15-26(31)32)14-18-29(6)23(13-17-30(25,29)7)20(3)9-8-10-21(4)27(33)34/h10,14,22,25H,1,8-9,11-13,15-18H2,2-7H3,(H,31,32)(H,33,34)/t22?,25?,28-,29+,30-/m0/s1. The van der Waals surface area contributed by atoms with Crippen LogP contribution in [0, 0.1) is 28.1 Å². The van der Waals surface area contributed by atoms with Gasteiger partial charge in [0.05, 0.1) is 0 Å². The van der Waals surface area contributed by atoms with E-state index in [0.29, 0.717) is 23.8 Å². The molecule has 0 aliphatic heterocycles. The molecule has 0 amide bonds. The lowest BCUT2D eigenvalue weighted by molar-refractivity contribution is -0.138. The Bertz CT molecular complexity index is 966. The van der Waals surface area contributed by atoms with Gasteiger partial charge in [-0.05, 0) is 100 Å². The summed E-state index contributed by atoms with van der Waals surface area (Å²) in [6, 6.07) is 0. The van der Waals surface area contributed by atoms with E-state index < -0.39 is 11.9 Å². The summed E-state index contributed by atoms with van der Waals surface area (Å²) in [5.41, 5.74) is 6.19. The first-order valence-electron chi connectivity index (χ1n) is 12.9.